The molecular weight excluding hydrogens is 419 g/mol. The summed E-state index contributed by atoms with van der Waals surface area (Å²) in [6.07, 6.45) is 0. The molecule has 1 aliphatic rings. The molecule has 1 fully saturated rings. The van der Waals surface area contributed by atoms with Gasteiger partial charge in [-0.2, -0.15) is 0 Å². The van der Waals surface area contributed by atoms with Gasteiger partial charge in [-0.1, -0.05) is 66.7 Å². The van der Waals surface area contributed by atoms with Crippen LogP contribution < -0.4 is 5.46 Å². The Morgan fingerprint density at radius 3 is 1.91 bits per heavy atom. The van der Waals surface area contributed by atoms with Crippen molar-refractivity contribution in [2.24, 2.45) is 0 Å². The Balaban J connectivity index is 1.44. The van der Waals surface area contributed by atoms with E-state index in [9.17, 15) is 0 Å². The fourth-order valence-electron chi connectivity index (χ4n) is 4.71. The summed E-state index contributed by atoms with van der Waals surface area (Å²) in [5.41, 5.74) is 6.63. The zero-order chi connectivity index (χ0) is 23.5. The van der Waals surface area contributed by atoms with E-state index < -0.39 is 18.3 Å². The van der Waals surface area contributed by atoms with Gasteiger partial charge >= 0.3 is 7.12 Å². The minimum atomic E-state index is -0.434. The third-order valence-electron chi connectivity index (χ3n) is 7.34. The Bertz CT molecular complexity index is 1500. The first kappa shape index (κ1) is 21.2. The molecule has 0 bridgehead atoms. The van der Waals surface area contributed by atoms with Crippen LogP contribution >= 0.6 is 0 Å². The maximum atomic E-state index is 6.36. The van der Waals surface area contributed by atoms with Crippen LogP contribution in [0.25, 0.3) is 44.2 Å². The lowest BCUT2D eigenvalue weighted by Crippen LogP contribution is -2.41. The molecule has 1 saturated heterocycles. The third kappa shape index (κ3) is 3.37. The van der Waals surface area contributed by atoms with Gasteiger partial charge in [0.05, 0.1) is 11.2 Å². The summed E-state index contributed by atoms with van der Waals surface area (Å²) in [7, 11) is -0.434. The Morgan fingerprint density at radius 1 is 0.559 bits per heavy atom. The van der Waals surface area contributed by atoms with Crippen molar-refractivity contribution in [2.45, 2.75) is 38.9 Å². The van der Waals surface area contributed by atoms with E-state index in [1.165, 1.54) is 11.1 Å². The highest BCUT2D eigenvalue weighted by Crippen LogP contribution is 2.38. The predicted octanol–water partition coefficient (Wildman–Crippen LogP) is 7.22. The SMILES string of the molecule is CC1(C)OB(c2cccc3oc4cc(-c5cccc(-c6ccccc6)c5)ccc4c23)OC1(C)C. The molecule has 1 aromatic heterocycles. The molecule has 0 aliphatic carbocycles. The topological polar surface area (TPSA) is 31.6 Å². The van der Waals surface area contributed by atoms with Gasteiger partial charge in [-0.05, 0) is 79.7 Å². The summed E-state index contributed by atoms with van der Waals surface area (Å²) in [5, 5.41) is 2.13. The van der Waals surface area contributed by atoms with E-state index in [1.807, 2.05) is 18.2 Å². The summed E-state index contributed by atoms with van der Waals surface area (Å²) in [4.78, 5) is 0. The average molecular weight is 446 g/mol. The van der Waals surface area contributed by atoms with Crippen molar-refractivity contribution in [3.63, 3.8) is 0 Å². The van der Waals surface area contributed by atoms with Crippen LogP contribution in [0.1, 0.15) is 27.7 Å². The van der Waals surface area contributed by atoms with Crippen LogP contribution in [0.4, 0.5) is 0 Å². The van der Waals surface area contributed by atoms with Crippen LogP contribution in [0.2, 0.25) is 0 Å². The van der Waals surface area contributed by atoms with Crippen LogP contribution in [0, 0.1) is 0 Å². The van der Waals surface area contributed by atoms with E-state index >= 15 is 0 Å². The molecule has 0 radical (unpaired) electrons. The zero-order valence-electron chi connectivity index (χ0n) is 20.0. The molecular formula is C30H27BO3. The fourth-order valence-corrected chi connectivity index (χ4v) is 4.71. The van der Waals surface area contributed by atoms with Crippen molar-refractivity contribution >= 4 is 34.5 Å². The molecule has 0 amide bonds. The normalized spacial score (nSPS) is 17.0. The first-order valence-electron chi connectivity index (χ1n) is 11.8. The first-order valence-corrected chi connectivity index (χ1v) is 11.8. The molecule has 168 valence electrons. The van der Waals surface area contributed by atoms with E-state index in [1.54, 1.807) is 0 Å². The predicted molar refractivity (Wildman–Crippen MR) is 140 cm³/mol. The Labute approximate surface area is 200 Å². The third-order valence-corrected chi connectivity index (χ3v) is 7.34. The van der Waals surface area contributed by atoms with Gasteiger partial charge in [0.25, 0.3) is 0 Å². The quantitative estimate of drug-likeness (QED) is 0.274. The number of furan rings is 1. The maximum Gasteiger partial charge on any atom is 0.495 e. The van der Waals surface area contributed by atoms with E-state index in [0.717, 1.165) is 38.5 Å². The Kier molecular flexibility index (Phi) is 4.74. The zero-order valence-corrected chi connectivity index (χ0v) is 20.0. The molecule has 2 heterocycles. The second-order valence-corrected chi connectivity index (χ2v) is 10.1. The van der Waals surface area contributed by atoms with Crippen molar-refractivity contribution in [3.05, 3.63) is 91.0 Å². The highest BCUT2D eigenvalue weighted by Gasteiger charge is 2.52. The van der Waals surface area contributed by atoms with Gasteiger partial charge in [0.2, 0.25) is 0 Å². The number of hydrogen-bond acceptors (Lipinski definition) is 3. The summed E-state index contributed by atoms with van der Waals surface area (Å²) >= 11 is 0. The lowest BCUT2D eigenvalue weighted by molar-refractivity contribution is 0.00578. The van der Waals surface area contributed by atoms with Crippen molar-refractivity contribution in [1.29, 1.82) is 0 Å². The molecule has 5 aromatic rings. The van der Waals surface area contributed by atoms with Crippen molar-refractivity contribution in [2.75, 3.05) is 0 Å². The summed E-state index contributed by atoms with van der Waals surface area (Å²) in [5.74, 6) is 0. The minimum absolute atomic E-state index is 0.393. The lowest BCUT2D eigenvalue weighted by Gasteiger charge is -2.32. The molecule has 6 rings (SSSR count). The summed E-state index contributed by atoms with van der Waals surface area (Å²) in [6, 6.07) is 31.6. The van der Waals surface area contributed by atoms with Crippen LogP contribution in [0.3, 0.4) is 0 Å². The molecule has 0 unspecified atom stereocenters. The molecule has 4 heteroatoms. The first-order chi connectivity index (χ1) is 16.3. The van der Waals surface area contributed by atoms with Crippen LogP contribution in [-0.4, -0.2) is 18.3 Å². The van der Waals surface area contributed by atoms with Gasteiger partial charge in [-0.15, -0.1) is 0 Å². The Hall–Kier alpha value is -3.34. The molecule has 0 spiro atoms. The van der Waals surface area contributed by atoms with Gasteiger partial charge in [0.1, 0.15) is 11.2 Å². The maximum absolute atomic E-state index is 6.36. The Morgan fingerprint density at radius 2 is 1.18 bits per heavy atom. The molecule has 0 N–H and O–H groups in total. The van der Waals surface area contributed by atoms with E-state index in [0.29, 0.717) is 0 Å². The average Bonchev–Trinajstić information content (AvgIpc) is 3.32. The number of hydrogen-bond donors (Lipinski definition) is 0. The van der Waals surface area contributed by atoms with Crippen LogP contribution in [0.15, 0.2) is 95.4 Å². The van der Waals surface area contributed by atoms with Crippen LogP contribution in [0.5, 0.6) is 0 Å². The van der Waals surface area contributed by atoms with Crippen molar-refractivity contribution in [3.8, 4) is 22.3 Å². The van der Waals surface area contributed by atoms with Gasteiger partial charge in [-0.3, -0.25) is 0 Å². The summed E-state index contributed by atoms with van der Waals surface area (Å²) < 4.78 is 19.0. The van der Waals surface area contributed by atoms with Gasteiger partial charge in [0, 0.05) is 10.8 Å². The van der Waals surface area contributed by atoms with Gasteiger partial charge in [0.15, 0.2) is 0 Å². The monoisotopic (exact) mass is 446 g/mol. The van der Waals surface area contributed by atoms with Crippen molar-refractivity contribution < 1.29 is 13.7 Å². The second kappa shape index (κ2) is 7.59. The van der Waals surface area contributed by atoms with Gasteiger partial charge < -0.3 is 13.7 Å². The molecule has 1 aliphatic heterocycles. The fraction of sp³-hybridized carbons (Fsp3) is 0.200. The van der Waals surface area contributed by atoms with E-state index in [2.05, 4.69) is 100 Å². The second-order valence-electron chi connectivity index (χ2n) is 10.1. The molecule has 4 aromatic carbocycles. The minimum Gasteiger partial charge on any atom is -0.456 e. The summed E-state index contributed by atoms with van der Waals surface area (Å²) in [6.45, 7) is 8.32. The highest BCUT2D eigenvalue weighted by atomic mass is 16.7. The number of benzene rings is 4. The standard InChI is InChI=1S/C30H27BO3/c1-29(2)30(3,4)34-31(33-29)25-14-9-15-26-28(25)24-17-16-23(19-27(24)32-26)22-13-8-12-21(18-22)20-10-6-5-7-11-20/h5-19H,1-4H3. The smallest absolute Gasteiger partial charge is 0.456 e. The lowest BCUT2D eigenvalue weighted by atomic mass is 9.76. The number of fused-ring (bicyclic) bond motifs is 3. The van der Waals surface area contributed by atoms with E-state index in [4.69, 9.17) is 13.7 Å². The molecule has 0 saturated carbocycles. The van der Waals surface area contributed by atoms with Crippen molar-refractivity contribution in [1.82, 2.24) is 0 Å². The highest BCUT2D eigenvalue weighted by molar-refractivity contribution is 6.66. The molecule has 3 nitrogen and oxygen atoms in total. The number of rotatable bonds is 3. The van der Waals surface area contributed by atoms with Crippen LogP contribution in [-0.2, 0) is 9.31 Å². The van der Waals surface area contributed by atoms with E-state index in [-0.39, 0.29) is 0 Å². The van der Waals surface area contributed by atoms with Gasteiger partial charge in [-0.25, -0.2) is 0 Å². The molecule has 34 heavy (non-hydrogen) atoms. The largest absolute Gasteiger partial charge is 0.495 e. The molecule has 0 atom stereocenters.